The monoisotopic (exact) mass is 516 g/mol. The van der Waals surface area contributed by atoms with Gasteiger partial charge in [-0.1, -0.05) is 18.2 Å². The molecule has 0 radical (unpaired) electrons. The second kappa shape index (κ2) is 10.2. The summed E-state index contributed by atoms with van der Waals surface area (Å²) in [5, 5.41) is 3.77. The molecule has 6 rings (SSSR count). The molecule has 1 amide bonds. The lowest BCUT2D eigenvalue weighted by molar-refractivity contribution is 0.0908. The van der Waals surface area contributed by atoms with Crippen molar-refractivity contribution >= 4 is 23.2 Å². The van der Waals surface area contributed by atoms with E-state index in [9.17, 15) is 9.59 Å². The first kappa shape index (κ1) is 24.1. The van der Waals surface area contributed by atoms with Gasteiger partial charge in [-0.2, -0.15) is 0 Å². The largest absolute Gasteiger partial charge is 0.451 e. The standard InChI is InChI=1S/C30H24N6O3/c1-35-26(21-6-8-24(9-7-21)36-13-12-31-19-36)17-33-29(35)25(16-23-4-2-3-11-32-23)34-30(38)28-15-22-14-20(18-37)5-10-27(22)39-28/h2-15,17-19,25H,16H2,1H3,(H,34,38). The van der Waals surface area contributed by atoms with Crippen molar-refractivity contribution in [2.75, 3.05) is 0 Å². The number of hydrogen-bond donors (Lipinski definition) is 1. The van der Waals surface area contributed by atoms with E-state index in [0.29, 0.717) is 28.8 Å². The van der Waals surface area contributed by atoms with Crippen LogP contribution in [0.2, 0.25) is 0 Å². The average Bonchev–Trinajstić information content (AvgIpc) is 3.73. The van der Waals surface area contributed by atoms with Crippen molar-refractivity contribution in [3.05, 3.63) is 121 Å². The summed E-state index contributed by atoms with van der Waals surface area (Å²) in [7, 11) is 1.93. The average molecular weight is 517 g/mol. The van der Waals surface area contributed by atoms with E-state index >= 15 is 0 Å². The quantitative estimate of drug-likeness (QED) is 0.287. The van der Waals surface area contributed by atoms with Gasteiger partial charge < -0.3 is 18.9 Å². The van der Waals surface area contributed by atoms with Crippen LogP contribution < -0.4 is 5.32 Å². The van der Waals surface area contributed by atoms with E-state index in [1.165, 1.54) is 0 Å². The zero-order valence-electron chi connectivity index (χ0n) is 21.1. The third kappa shape index (κ3) is 4.85. The molecule has 0 bridgehead atoms. The molecule has 0 saturated carbocycles. The number of rotatable bonds is 8. The number of nitrogens with zero attached hydrogens (tertiary/aromatic N) is 5. The maximum Gasteiger partial charge on any atom is 0.287 e. The molecule has 4 heterocycles. The fraction of sp³-hybridized carbons (Fsp3) is 0.100. The molecule has 0 aliphatic rings. The number of nitrogens with one attached hydrogen (secondary N) is 1. The van der Waals surface area contributed by atoms with Crippen LogP contribution in [0.15, 0.2) is 102 Å². The molecule has 6 aromatic rings. The molecule has 1 atom stereocenters. The third-order valence-corrected chi connectivity index (χ3v) is 6.65. The van der Waals surface area contributed by atoms with E-state index in [4.69, 9.17) is 9.40 Å². The van der Waals surface area contributed by atoms with Crippen LogP contribution in [0.4, 0.5) is 0 Å². The van der Waals surface area contributed by atoms with Crippen LogP contribution in [-0.2, 0) is 13.5 Å². The first-order valence-electron chi connectivity index (χ1n) is 12.4. The second-order valence-electron chi connectivity index (χ2n) is 9.15. The van der Waals surface area contributed by atoms with Gasteiger partial charge in [-0.3, -0.25) is 14.6 Å². The normalized spacial score (nSPS) is 11.9. The van der Waals surface area contributed by atoms with Crippen molar-refractivity contribution in [2.24, 2.45) is 7.05 Å². The summed E-state index contributed by atoms with van der Waals surface area (Å²) >= 11 is 0. The molecule has 9 heteroatoms. The number of benzene rings is 2. The molecule has 0 aliphatic heterocycles. The highest BCUT2D eigenvalue weighted by atomic mass is 16.3. The van der Waals surface area contributed by atoms with E-state index in [1.807, 2.05) is 64.8 Å². The highest BCUT2D eigenvalue weighted by Gasteiger charge is 2.24. The number of imidazole rings is 2. The Morgan fingerprint density at radius 1 is 1.05 bits per heavy atom. The maximum atomic E-state index is 13.3. The lowest BCUT2D eigenvalue weighted by Crippen LogP contribution is -2.31. The lowest BCUT2D eigenvalue weighted by atomic mass is 10.1. The molecule has 2 aromatic carbocycles. The Bertz CT molecular complexity index is 1750. The van der Waals surface area contributed by atoms with Crippen LogP contribution in [0.25, 0.3) is 27.9 Å². The Balaban J connectivity index is 1.30. The van der Waals surface area contributed by atoms with E-state index < -0.39 is 6.04 Å². The van der Waals surface area contributed by atoms with Gasteiger partial charge in [-0.05, 0) is 54.1 Å². The zero-order chi connectivity index (χ0) is 26.8. The molecular weight excluding hydrogens is 492 g/mol. The van der Waals surface area contributed by atoms with Crippen molar-refractivity contribution in [1.82, 2.24) is 29.4 Å². The first-order valence-corrected chi connectivity index (χ1v) is 12.4. The number of pyridine rings is 1. The van der Waals surface area contributed by atoms with Gasteiger partial charge in [0, 0.05) is 54.4 Å². The van der Waals surface area contributed by atoms with Crippen molar-refractivity contribution in [1.29, 1.82) is 0 Å². The van der Waals surface area contributed by atoms with Gasteiger partial charge in [0.05, 0.1) is 24.3 Å². The summed E-state index contributed by atoms with van der Waals surface area (Å²) in [6, 6.07) is 20.0. The van der Waals surface area contributed by atoms with E-state index in [0.717, 1.165) is 28.9 Å². The highest BCUT2D eigenvalue weighted by Crippen LogP contribution is 2.26. The number of carbonyl (C=O) groups excluding carboxylic acids is 2. The number of aromatic nitrogens is 5. The molecule has 0 aliphatic carbocycles. The number of furan rings is 1. The molecule has 0 fully saturated rings. The van der Waals surface area contributed by atoms with E-state index in [2.05, 4.69) is 15.3 Å². The van der Waals surface area contributed by atoms with Crippen LogP contribution in [0.5, 0.6) is 0 Å². The van der Waals surface area contributed by atoms with Gasteiger partial charge in [0.25, 0.3) is 5.91 Å². The molecule has 4 aromatic heterocycles. The van der Waals surface area contributed by atoms with Crippen molar-refractivity contribution in [3.63, 3.8) is 0 Å². The molecule has 39 heavy (non-hydrogen) atoms. The van der Waals surface area contributed by atoms with Crippen molar-refractivity contribution in [2.45, 2.75) is 12.5 Å². The smallest absolute Gasteiger partial charge is 0.287 e. The number of carbonyl (C=O) groups is 2. The molecule has 1 unspecified atom stereocenters. The van der Waals surface area contributed by atoms with Crippen LogP contribution in [0, 0.1) is 0 Å². The highest BCUT2D eigenvalue weighted by molar-refractivity contribution is 5.97. The number of fused-ring (bicyclic) bond motifs is 1. The number of aldehydes is 1. The molecule has 9 nitrogen and oxygen atoms in total. The van der Waals surface area contributed by atoms with Gasteiger partial charge in [-0.15, -0.1) is 0 Å². The molecule has 1 N–H and O–H groups in total. The molecule has 192 valence electrons. The maximum absolute atomic E-state index is 13.3. The Kier molecular flexibility index (Phi) is 6.30. The predicted molar refractivity (Wildman–Crippen MR) is 146 cm³/mol. The summed E-state index contributed by atoms with van der Waals surface area (Å²) in [5.74, 6) is 0.458. The Morgan fingerprint density at radius 3 is 2.67 bits per heavy atom. The van der Waals surface area contributed by atoms with Crippen LogP contribution >= 0.6 is 0 Å². The van der Waals surface area contributed by atoms with Crippen molar-refractivity contribution < 1.29 is 14.0 Å². The van der Waals surface area contributed by atoms with E-state index in [-0.39, 0.29) is 11.7 Å². The minimum absolute atomic E-state index is 0.156. The van der Waals surface area contributed by atoms with Gasteiger partial charge in [0.2, 0.25) is 0 Å². The number of amides is 1. The van der Waals surface area contributed by atoms with Crippen LogP contribution in [0.1, 0.15) is 38.5 Å². The molecule has 0 spiro atoms. The van der Waals surface area contributed by atoms with Gasteiger partial charge in [0.15, 0.2) is 5.76 Å². The fourth-order valence-corrected chi connectivity index (χ4v) is 4.64. The molecular formula is C30H24N6O3. The predicted octanol–water partition coefficient (Wildman–Crippen LogP) is 4.94. The Morgan fingerprint density at radius 2 is 1.92 bits per heavy atom. The topological polar surface area (TPSA) is 108 Å². The van der Waals surface area contributed by atoms with Gasteiger partial charge in [0.1, 0.15) is 17.7 Å². The zero-order valence-corrected chi connectivity index (χ0v) is 21.1. The van der Waals surface area contributed by atoms with Crippen molar-refractivity contribution in [3.8, 4) is 16.9 Å². The Hall–Kier alpha value is -5.31. The molecule has 0 saturated heterocycles. The number of hydrogen-bond acceptors (Lipinski definition) is 6. The summed E-state index contributed by atoms with van der Waals surface area (Å²) in [6.07, 6.45) is 10.1. The minimum Gasteiger partial charge on any atom is -0.451 e. The minimum atomic E-state index is -0.477. The fourth-order valence-electron chi connectivity index (χ4n) is 4.64. The lowest BCUT2D eigenvalue weighted by Gasteiger charge is -2.18. The third-order valence-electron chi connectivity index (χ3n) is 6.65. The van der Waals surface area contributed by atoms with Gasteiger partial charge in [-0.25, -0.2) is 9.97 Å². The SMILES string of the molecule is Cn1c(-c2ccc(-n3ccnc3)cc2)cnc1C(Cc1ccccn1)NC(=O)c1cc2cc(C=O)ccc2o1. The van der Waals surface area contributed by atoms with Crippen LogP contribution in [0.3, 0.4) is 0 Å². The summed E-state index contributed by atoms with van der Waals surface area (Å²) in [5.41, 5.74) is 4.77. The summed E-state index contributed by atoms with van der Waals surface area (Å²) < 4.78 is 9.71. The summed E-state index contributed by atoms with van der Waals surface area (Å²) in [6.45, 7) is 0. The Labute approximate surface area is 223 Å². The van der Waals surface area contributed by atoms with Gasteiger partial charge >= 0.3 is 0 Å². The second-order valence-corrected chi connectivity index (χ2v) is 9.15. The summed E-state index contributed by atoms with van der Waals surface area (Å²) in [4.78, 5) is 37.8. The van der Waals surface area contributed by atoms with Crippen LogP contribution in [-0.4, -0.2) is 36.3 Å². The van der Waals surface area contributed by atoms with E-state index in [1.54, 1.807) is 49.2 Å². The first-order chi connectivity index (χ1) is 19.1.